The van der Waals surface area contributed by atoms with Gasteiger partial charge in [-0.2, -0.15) is 0 Å². The number of unbranched alkanes of at least 4 members (excludes halogenated alkanes) is 4. The molecule has 2 atom stereocenters. The topological polar surface area (TPSA) is 99.1 Å². The molecule has 0 fully saturated rings. The summed E-state index contributed by atoms with van der Waals surface area (Å²) in [5.74, 6) is -1.63. The summed E-state index contributed by atoms with van der Waals surface area (Å²) in [6, 6.07) is -0.640. The van der Waals surface area contributed by atoms with E-state index in [1.165, 1.54) is 0 Å². The number of allylic oxidation sites excluding steroid dienone is 20. The summed E-state index contributed by atoms with van der Waals surface area (Å²) in [4.78, 5) is 36.9. The molecule has 0 heterocycles. The molecule has 0 rings (SSSR count). The van der Waals surface area contributed by atoms with Crippen LogP contribution in [0.3, 0.4) is 0 Å². The second-order valence-corrected chi connectivity index (χ2v) is 14.2. The molecule has 312 valence electrons. The van der Waals surface area contributed by atoms with Crippen LogP contribution in [0.1, 0.15) is 110 Å². The number of aliphatic carboxylic acids is 1. The summed E-state index contributed by atoms with van der Waals surface area (Å²) in [6.07, 6.45) is 52.6. The number of likely N-dealkylation sites (N-methyl/N-ethyl adjacent to an activating group) is 1. The monoisotopic (exact) mass is 777 g/mol. The van der Waals surface area contributed by atoms with Crippen molar-refractivity contribution in [3.8, 4) is 0 Å². The number of rotatable bonds is 34. The van der Waals surface area contributed by atoms with Gasteiger partial charge < -0.3 is 23.8 Å². The van der Waals surface area contributed by atoms with Gasteiger partial charge in [-0.15, -0.1) is 0 Å². The third-order valence-corrected chi connectivity index (χ3v) is 8.23. The van der Waals surface area contributed by atoms with Gasteiger partial charge in [0.2, 0.25) is 0 Å². The molecule has 0 aliphatic carbocycles. The molecule has 0 radical (unpaired) electrons. The normalized spacial score (nSPS) is 14.2. The first-order chi connectivity index (χ1) is 27.1. The number of carboxylic acid groups (broad SMARTS) is 1. The van der Waals surface area contributed by atoms with E-state index >= 15 is 0 Å². The van der Waals surface area contributed by atoms with Gasteiger partial charge in [0.15, 0.2) is 12.1 Å². The van der Waals surface area contributed by atoms with E-state index in [9.17, 15) is 19.5 Å². The van der Waals surface area contributed by atoms with Gasteiger partial charge in [0, 0.05) is 19.3 Å². The van der Waals surface area contributed by atoms with Crippen LogP contribution >= 0.6 is 0 Å². The number of carbonyl (C=O) groups excluding carboxylic acids is 2. The van der Waals surface area contributed by atoms with Crippen molar-refractivity contribution in [3.05, 3.63) is 122 Å². The van der Waals surface area contributed by atoms with Gasteiger partial charge in [-0.3, -0.25) is 9.59 Å². The molecule has 0 amide bonds. The highest BCUT2D eigenvalue weighted by molar-refractivity contribution is 5.72. The van der Waals surface area contributed by atoms with Crippen LogP contribution in [0.15, 0.2) is 122 Å². The minimum absolute atomic E-state index is 0.0119. The Morgan fingerprint density at radius 1 is 0.554 bits per heavy atom. The van der Waals surface area contributed by atoms with E-state index < -0.39 is 24.1 Å². The molecule has 56 heavy (non-hydrogen) atoms. The van der Waals surface area contributed by atoms with E-state index in [2.05, 4.69) is 80.7 Å². The third-order valence-electron chi connectivity index (χ3n) is 8.23. The Kier molecular flexibility index (Phi) is 34.8. The SMILES string of the molecule is CC/C=C/C=C/C=C/C=C/C=C/CCCC(=O)OC(COCCC(C(=O)O)[N+](C)(C)C)COC(=O)CCCCC/C=C/C/C=C/C/C=C/C/C=C/C/C=C/CC. The first kappa shape index (κ1) is 51.7. The van der Waals surface area contributed by atoms with Crippen molar-refractivity contribution >= 4 is 17.9 Å². The summed E-state index contributed by atoms with van der Waals surface area (Å²) in [5, 5.41) is 9.60. The molecule has 8 nitrogen and oxygen atoms in total. The Bertz CT molecular complexity index is 1320. The number of nitrogens with zero attached hydrogens (tertiary/aromatic N) is 1. The molecule has 2 unspecified atom stereocenters. The van der Waals surface area contributed by atoms with Crippen molar-refractivity contribution in [2.24, 2.45) is 0 Å². The predicted octanol–water partition coefficient (Wildman–Crippen LogP) is 11.1. The second kappa shape index (κ2) is 37.6. The largest absolute Gasteiger partial charge is 0.477 e. The van der Waals surface area contributed by atoms with E-state index in [1.54, 1.807) is 0 Å². The smallest absolute Gasteiger partial charge is 0.362 e. The Hall–Kier alpha value is -4.27. The molecule has 0 saturated carbocycles. The third kappa shape index (κ3) is 35.4. The van der Waals surface area contributed by atoms with Gasteiger partial charge in [-0.25, -0.2) is 4.79 Å². The summed E-state index contributed by atoms with van der Waals surface area (Å²) >= 11 is 0. The highest BCUT2D eigenvalue weighted by Crippen LogP contribution is 2.11. The minimum Gasteiger partial charge on any atom is -0.477 e. The van der Waals surface area contributed by atoms with Crippen LogP contribution in [0.2, 0.25) is 0 Å². The second-order valence-electron chi connectivity index (χ2n) is 14.2. The highest BCUT2D eigenvalue weighted by Gasteiger charge is 2.31. The fourth-order valence-corrected chi connectivity index (χ4v) is 5.09. The number of quaternary nitrogens is 1. The number of hydrogen-bond acceptors (Lipinski definition) is 6. The molecule has 8 heteroatoms. The first-order valence-electron chi connectivity index (χ1n) is 20.6. The van der Waals surface area contributed by atoms with E-state index in [1.807, 2.05) is 75.8 Å². The van der Waals surface area contributed by atoms with Crippen LogP contribution in [0.4, 0.5) is 0 Å². The van der Waals surface area contributed by atoms with E-state index in [0.29, 0.717) is 25.7 Å². The van der Waals surface area contributed by atoms with Crippen LogP contribution in [0, 0.1) is 0 Å². The van der Waals surface area contributed by atoms with Crippen molar-refractivity contribution in [2.45, 2.75) is 122 Å². The molecule has 0 bridgehead atoms. The van der Waals surface area contributed by atoms with E-state index in [4.69, 9.17) is 14.2 Å². The first-order valence-corrected chi connectivity index (χ1v) is 20.6. The summed E-state index contributed by atoms with van der Waals surface area (Å²) in [6.45, 7) is 4.32. The molecule has 0 aromatic heterocycles. The summed E-state index contributed by atoms with van der Waals surface area (Å²) in [5.41, 5.74) is 0. The number of hydrogen-bond donors (Lipinski definition) is 1. The molecular formula is C48H74NO7+. The zero-order valence-electron chi connectivity index (χ0n) is 35.3. The highest BCUT2D eigenvalue weighted by atomic mass is 16.6. The zero-order valence-corrected chi connectivity index (χ0v) is 35.3. The maximum atomic E-state index is 12.6. The van der Waals surface area contributed by atoms with Crippen LogP contribution < -0.4 is 0 Å². The zero-order chi connectivity index (χ0) is 41.4. The molecular weight excluding hydrogens is 703 g/mol. The van der Waals surface area contributed by atoms with Crippen molar-refractivity contribution < 1.29 is 38.2 Å². The molecule has 0 aromatic rings. The number of carbonyl (C=O) groups is 3. The molecule has 0 aromatic carbocycles. The van der Waals surface area contributed by atoms with Gasteiger partial charge in [-0.05, 0) is 70.6 Å². The molecule has 0 aliphatic heterocycles. The van der Waals surface area contributed by atoms with Crippen molar-refractivity contribution in [3.63, 3.8) is 0 Å². The molecule has 0 aliphatic rings. The number of esters is 2. The van der Waals surface area contributed by atoms with Crippen LogP contribution in [0.5, 0.6) is 0 Å². The van der Waals surface area contributed by atoms with Gasteiger partial charge >= 0.3 is 17.9 Å². The number of carboxylic acids is 1. The Morgan fingerprint density at radius 2 is 1.05 bits per heavy atom. The fourth-order valence-electron chi connectivity index (χ4n) is 5.09. The predicted molar refractivity (Wildman–Crippen MR) is 233 cm³/mol. The van der Waals surface area contributed by atoms with Crippen molar-refractivity contribution in [1.29, 1.82) is 0 Å². The average molecular weight is 777 g/mol. The maximum Gasteiger partial charge on any atom is 0.362 e. The lowest BCUT2D eigenvalue weighted by atomic mass is 10.1. The van der Waals surface area contributed by atoms with Crippen LogP contribution in [-0.4, -0.2) is 80.6 Å². The lowest BCUT2D eigenvalue weighted by Gasteiger charge is -2.31. The number of ether oxygens (including phenoxy) is 3. The van der Waals surface area contributed by atoms with E-state index in [-0.39, 0.29) is 36.7 Å². The van der Waals surface area contributed by atoms with Gasteiger partial charge in [0.05, 0.1) is 34.4 Å². The molecule has 1 N–H and O–H groups in total. The van der Waals surface area contributed by atoms with E-state index in [0.717, 1.165) is 64.2 Å². The van der Waals surface area contributed by atoms with Crippen LogP contribution in [-0.2, 0) is 28.6 Å². The molecule has 0 saturated heterocycles. The lowest BCUT2D eigenvalue weighted by molar-refractivity contribution is -0.887. The van der Waals surface area contributed by atoms with Crippen molar-refractivity contribution in [1.82, 2.24) is 0 Å². The average Bonchev–Trinajstić information content (AvgIpc) is 3.15. The summed E-state index contributed by atoms with van der Waals surface area (Å²) < 4.78 is 17.1. The maximum absolute atomic E-state index is 12.6. The van der Waals surface area contributed by atoms with Crippen molar-refractivity contribution in [2.75, 3.05) is 41.0 Å². The van der Waals surface area contributed by atoms with Gasteiger partial charge in [0.1, 0.15) is 6.61 Å². The van der Waals surface area contributed by atoms with Gasteiger partial charge in [0.25, 0.3) is 0 Å². The Morgan fingerprint density at radius 3 is 1.61 bits per heavy atom. The summed E-state index contributed by atoms with van der Waals surface area (Å²) in [7, 11) is 5.47. The fraction of sp³-hybridized carbons (Fsp3) is 0.521. The quantitative estimate of drug-likeness (QED) is 0.0228. The lowest BCUT2D eigenvalue weighted by Crippen LogP contribution is -2.50. The standard InChI is InChI=1S/C48H73NO7/c1-6-8-10-12-14-16-18-20-21-22-23-24-25-27-28-30-32-34-36-38-46(50)55-43-44(42-54-41-40-45(48(52)53)49(3,4)5)56-47(51)39-37-35-33-31-29-26-19-17-15-13-11-9-7-2/h8-11,13-17,19-21,23-24,26-29,31,33,44-45H,6-7,12,18,22,25,30,32,34-43H2,1-5H3/p+1/b10-8+,11-9+,15-13+,16-14+,19-17+,21-20+,24-23+,28-27+,29-26+,33-31+. The molecule has 0 spiro atoms. The van der Waals surface area contributed by atoms with Crippen LogP contribution in [0.25, 0.3) is 0 Å². The van der Waals surface area contributed by atoms with Gasteiger partial charge in [-0.1, -0.05) is 142 Å². The Balaban J connectivity index is 4.56. The Labute approximate surface area is 340 Å². The minimum atomic E-state index is -0.899.